The van der Waals surface area contributed by atoms with Crippen molar-refractivity contribution in [3.8, 4) is 0 Å². The van der Waals surface area contributed by atoms with E-state index in [4.69, 9.17) is 10.7 Å². The Hall–Kier alpha value is -1.41. The van der Waals surface area contributed by atoms with Crippen LogP contribution in [0.4, 0.5) is 0 Å². The second-order valence-corrected chi connectivity index (χ2v) is 5.84. The van der Waals surface area contributed by atoms with Gasteiger partial charge in [-0.05, 0) is 43.5 Å². The summed E-state index contributed by atoms with van der Waals surface area (Å²) in [7, 11) is 0. The third kappa shape index (κ3) is 2.01. The molecule has 2 N–H and O–H groups in total. The maximum atomic E-state index is 5.88. The Balaban J connectivity index is 2.80. The van der Waals surface area contributed by atoms with Crippen LogP contribution in [-0.2, 0) is 5.41 Å². The number of hydrogen-bond donors (Lipinski definition) is 1. The van der Waals surface area contributed by atoms with Gasteiger partial charge in [0.15, 0.2) is 0 Å². The van der Waals surface area contributed by atoms with Gasteiger partial charge in [0, 0.05) is 17.3 Å². The quantitative estimate of drug-likeness (QED) is 0.876. The Morgan fingerprint density at radius 1 is 1.06 bits per heavy atom. The molecule has 0 atom stereocenters. The van der Waals surface area contributed by atoms with Crippen molar-refractivity contribution < 1.29 is 0 Å². The monoisotopic (exact) mass is 242 g/mol. The Morgan fingerprint density at radius 2 is 1.67 bits per heavy atom. The zero-order valence-corrected chi connectivity index (χ0v) is 12.0. The van der Waals surface area contributed by atoms with Gasteiger partial charge in [0.2, 0.25) is 0 Å². The van der Waals surface area contributed by atoms with E-state index >= 15 is 0 Å². The van der Waals surface area contributed by atoms with E-state index in [0.717, 1.165) is 11.2 Å². The molecule has 0 unspecified atom stereocenters. The van der Waals surface area contributed by atoms with Crippen molar-refractivity contribution in [1.29, 1.82) is 0 Å². The lowest BCUT2D eigenvalue weighted by Crippen LogP contribution is -2.30. The molecular formula is C16H22N2. The highest BCUT2D eigenvalue weighted by molar-refractivity contribution is 5.85. The number of aromatic nitrogens is 1. The summed E-state index contributed by atoms with van der Waals surface area (Å²) in [6.45, 7) is 11.3. The number of benzene rings is 1. The summed E-state index contributed by atoms with van der Waals surface area (Å²) >= 11 is 0. The average Bonchev–Trinajstić information content (AvgIpc) is 2.33. The smallest absolute Gasteiger partial charge is 0.0737 e. The minimum Gasteiger partial charge on any atom is -0.330 e. The lowest BCUT2D eigenvalue weighted by molar-refractivity contribution is 0.520. The third-order valence-corrected chi connectivity index (χ3v) is 3.75. The Kier molecular flexibility index (Phi) is 3.16. The molecule has 1 aromatic carbocycles. The minimum atomic E-state index is -0.0749. The van der Waals surface area contributed by atoms with Crippen LogP contribution in [0.1, 0.15) is 36.2 Å². The summed E-state index contributed by atoms with van der Waals surface area (Å²) in [6.07, 6.45) is 0. The van der Waals surface area contributed by atoms with E-state index in [0.29, 0.717) is 6.54 Å². The van der Waals surface area contributed by atoms with Crippen molar-refractivity contribution >= 4 is 10.9 Å². The molecule has 0 bridgehead atoms. The fraction of sp³-hybridized carbons (Fsp3) is 0.438. The first-order valence-corrected chi connectivity index (χ1v) is 6.45. The molecule has 0 spiro atoms. The lowest BCUT2D eigenvalue weighted by Gasteiger charge is -2.24. The van der Waals surface area contributed by atoms with Gasteiger partial charge >= 0.3 is 0 Å². The summed E-state index contributed by atoms with van der Waals surface area (Å²) in [5, 5.41) is 1.25. The summed E-state index contributed by atoms with van der Waals surface area (Å²) in [6, 6.07) is 6.54. The fourth-order valence-corrected chi connectivity index (χ4v) is 2.42. The third-order valence-electron chi connectivity index (χ3n) is 3.75. The summed E-state index contributed by atoms with van der Waals surface area (Å²) < 4.78 is 0. The highest BCUT2D eigenvalue weighted by atomic mass is 14.8. The highest BCUT2D eigenvalue weighted by Crippen LogP contribution is 2.29. The van der Waals surface area contributed by atoms with Crippen LogP contribution in [0.2, 0.25) is 0 Å². The van der Waals surface area contributed by atoms with Gasteiger partial charge in [0.05, 0.1) is 11.2 Å². The summed E-state index contributed by atoms with van der Waals surface area (Å²) in [5.74, 6) is 0. The number of hydrogen-bond acceptors (Lipinski definition) is 2. The normalized spacial score (nSPS) is 12.1. The number of fused-ring (bicyclic) bond motifs is 1. The molecule has 0 radical (unpaired) electrons. The van der Waals surface area contributed by atoms with Gasteiger partial charge in [0.1, 0.15) is 0 Å². The second kappa shape index (κ2) is 4.36. The van der Waals surface area contributed by atoms with E-state index in [9.17, 15) is 0 Å². The van der Waals surface area contributed by atoms with Crippen molar-refractivity contribution in [2.45, 2.75) is 40.0 Å². The molecule has 0 saturated heterocycles. The molecule has 1 aromatic heterocycles. The van der Waals surface area contributed by atoms with Gasteiger partial charge in [-0.2, -0.15) is 0 Å². The zero-order chi connectivity index (χ0) is 13.5. The number of nitrogens with zero attached hydrogens (tertiary/aromatic N) is 1. The van der Waals surface area contributed by atoms with Crippen molar-refractivity contribution in [2.75, 3.05) is 6.54 Å². The molecule has 0 aliphatic rings. The number of nitrogens with two attached hydrogens (primary N) is 1. The molecule has 2 nitrogen and oxygen atoms in total. The number of pyridine rings is 1. The van der Waals surface area contributed by atoms with Gasteiger partial charge in [-0.1, -0.05) is 26.0 Å². The average molecular weight is 242 g/mol. The van der Waals surface area contributed by atoms with Crippen LogP contribution in [-0.4, -0.2) is 11.5 Å². The molecule has 2 aromatic rings. The molecule has 2 heteroatoms. The molecular weight excluding hydrogens is 220 g/mol. The molecule has 0 saturated carbocycles. The topological polar surface area (TPSA) is 38.9 Å². The fourth-order valence-electron chi connectivity index (χ4n) is 2.42. The molecule has 96 valence electrons. The van der Waals surface area contributed by atoms with E-state index in [1.165, 1.54) is 22.1 Å². The molecule has 1 heterocycles. The maximum absolute atomic E-state index is 5.88. The molecule has 2 rings (SSSR count). The van der Waals surface area contributed by atoms with Gasteiger partial charge in [-0.15, -0.1) is 0 Å². The predicted octanol–water partition coefficient (Wildman–Crippen LogP) is 3.40. The van der Waals surface area contributed by atoms with E-state index in [1.54, 1.807) is 0 Å². The summed E-state index contributed by atoms with van der Waals surface area (Å²) in [5.41, 5.74) is 11.8. The SMILES string of the molecule is Cc1cc2c(C)ccc(C)c2nc1C(C)(C)CN. The van der Waals surface area contributed by atoms with Crippen LogP contribution in [0.3, 0.4) is 0 Å². The largest absolute Gasteiger partial charge is 0.330 e. The van der Waals surface area contributed by atoms with Crippen molar-refractivity contribution in [2.24, 2.45) is 5.73 Å². The van der Waals surface area contributed by atoms with Gasteiger partial charge in [-0.3, -0.25) is 4.98 Å². The molecule has 0 amide bonds. The van der Waals surface area contributed by atoms with Crippen LogP contribution < -0.4 is 5.73 Å². The molecule has 0 aliphatic carbocycles. The first-order chi connectivity index (χ1) is 8.36. The standard InChI is InChI=1S/C16H22N2/c1-10-6-7-11(2)14-13(10)8-12(3)15(18-14)16(4,5)9-17/h6-8H,9,17H2,1-5H3. The summed E-state index contributed by atoms with van der Waals surface area (Å²) in [4.78, 5) is 4.90. The van der Waals surface area contributed by atoms with Crippen molar-refractivity contribution in [1.82, 2.24) is 4.98 Å². The van der Waals surface area contributed by atoms with E-state index < -0.39 is 0 Å². The van der Waals surface area contributed by atoms with Crippen LogP contribution in [0.5, 0.6) is 0 Å². The predicted molar refractivity (Wildman–Crippen MR) is 78.0 cm³/mol. The zero-order valence-electron chi connectivity index (χ0n) is 12.0. The number of rotatable bonds is 2. The Morgan fingerprint density at radius 3 is 2.28 bits per heavy atom. The van der Waals surface area contributed by atoms with Crippen LogP contribution >= 0.6 is 0 Å². The van der Waals surface area contributed by atoms with Gasteiger partial charge in [0.25, 0.3) is 0 Å². The lowest BCUT2D eigenvalue weighted by atomic mass is 9.85. The first kappa shape index (κ1) is 13.0. The van der Waals surface area contributed by atoms with E-state index in [1.807, 2.05) is 0 Å². The highest BCUT2D eigenvalue weighted by Gasteiger charge is 2.23. The second-order valence-electron chi connectivity index (χ2n) is 5.84. The van der Waals surface area contributed by atoms with Crippen molar-refractivity contribution in [3.63, 3.8) is 0 Å². The van der Waals surface area contributed by atoms with Crippen LogP contribution in [0.25, 0.3) is 10.9 Å². The molecule has 0 fully saturated rings. The van der Waals surface area contributed by atoms with Crippen LogP contribution in [0.15, 0.2) is 18.2 Å². The van der Waals surface area contributed by atoms with Gasteiger partial charge < -0.3 is 5.73 Å². The molecule has 18 heavy (non-hydrogen) atoms. The van der Waals surface area contributed by atoms with Crippen LogP contribution in [0, 0.1) is 20.8 Å². The Labute approximate surface area is 109 Å². The minimum absolute atomic E-state index is 0.0749. The van der Waals surface area contributed by atoms with E-state index in [2.05, 4.69) is 52.8 Å². The first-order valence-electron chi connectivity index (χ1n) is 6.45. The molecule has 0 aliphatic heterocycles. The number of aryl methyl sites for hydroxylation is 3. The van der Waals surface area contributed by atoms with Crippen molar-refractivity contribution in [3.05, 3.63) is 40.6 Å². The maximum Gasteiger partial charge on any atom is 0.0737 e. The van der Waals surface area contributed by atoms with E-state index in [-0.39, 0.29) is 5.41 Å². The van der Waals surface area contributed by atoms with Gasteiger partial charge in [-0.25, -0.2) is 0 Å². The Bertz CT molecular complexity index is 598.